The van der Waals surface area contributed by atoms with Crippen molar-refractivity contribution < 1.29 is 13.2 Å². The second kappa shape index (κ2) is 8.74. The lowest BCUT2D eigenvalue weighted by Gasteiger charge is -2.09. The van der Waals surface area contributed by atoms with Crippen LogP contribution in [0.15, 0.2) is 10.3 Å². The van der Waals surface area contributed by atoms with Gasteiger partial charge in [-0.05, 0) is 31.3 Å². The lowest BCUT2D eigenvalue weighted by atomic mass is 10.3. The summed E-state index contributed by atoms with van der Waals surface area (Å²) in [4.78, 5) is 1.25. The van der Waals surface area contributed by atoms with E-state index in [4.69, 9.17) is 4.74 Å². The van der Waals surface area contributed by atoms with Crippen LogP contribution in [0.1, 0.15) is 30.2 Å². The Morgan fingerprint density at radius 2 is 2.10 bits per heavy atom. The molecule has 7 heteroatoms. The average Bonchev–Trinajstić information content (AvgIpc) is 2.76. The maximum atomic E-state index is 12.3. The molecule has 0 radical (unpaired) electrons. The molecule has 0 aliphatic carbocycles. The van der Waals surface area contributed by atoms with Gasteiger partial charge in [0.1, 0.15) is 4.90 Å². The molecule has 1 rings (SSSR count). The molecule has 0 aliphatic heterocycles. The van der Waals surface area contributed by atoms with Crippen LogP contribution in [0.4, 0.5) is 0 Å². The number of hydrogen-bond donors (Lipinski definition) is 2. The maximum absolute atomic E-state index is 12.3. The Labute approximate surface area is 125 Å². The highest BCUT2D eigenvalue weighted by atomic mass is 32.2. The van der Waals surface area contributed by atoms with Gasteiger partial charge < -0.3 is 10.1 Å². The first-order chi connectivity index (χ1) is 9.53. The summed E-state index contributed by atoms with van der Waals surface area (Å²) in [7, 11) is -1.65. The van der Waals surface area contributed by atoms with Crippen molar-refractivity contribution in [2.75, 3.05) is 26.8 Å². The molecule has 0 saturated heterocycles. The number of nitrogens with one attached hydrogen (secondary N) is 2. The van der Waals surface area contributed by atoms with Crippen LogP contribution < -0.4 is 10.0 Å². The van der Waals surface area contributed by atoms with Gasteiger partial charge in [-0.2, -0.15) is 0 Å². The van der Waals surface area contributed by atoms with E-state index in [1.54, 1.807) is 7.05 Å². The summed E-state index contributed by atoms with van der Waals surface area (Å²) in [5.74, 6) is 0. The lowest BCUT2D eigenvalue weighted by molar-refractivity contribution is 0.136. The molecule has 0 aromatic carbocycles. The Kier molecular flexibility index (Phi) is 7.68. The molecule has 0 saturated carbocycles. The molecule has 2 N–H and O–H groups in total. The van der Waals surface area contributed by atoms with Crippen molar-refractivity contribution in [3.8, 4) is 0 Å². The van der Waals surface area contributed by atoms with E-state index in [-0.39, 0.29) is 0 Å². The molecule has 0 spiro atoms. The van der Waals surface area contributed by atoms with Crippen LogP contribution in [0.3, 0.4) is 0 Å². The second-order valence-electron chi connectivity index (χ2n) is 4.57. The van der Waals surface area contributed by atoms with Gasteiger partial charge >= 0.3 is 0 Å². The minimum atomic E-state index is -3.45. The molecule has 1 heterocycles. The summed E-state index contributed by atoms with van der Waals surface area (Å²) < 4.78 is 32.6. The van der Waals surface area contributed by atoms with Gasteiger partial charge in [0.05, 0.1) is 6.61 Å². The molecule has 0 amide bonds. The second-order valence-corrected chi connectivity index (χ2v) is 7.23. The molecule has 0 atom stereocenters. The van der Waals surface area contributed by atoms with Crippen LogP contribution in [0.5, 0.6) is 0 Å². The number of thiophene rings is 1. The van der Waals surface area contributed by atoms with Crippen molar-refractivity contribution in [2.45, 2.75) is 38.1 Å². The van der Waals surface area contributed by atoms with E-state index in [0.29, 0.717) is 31.2 Å². The monoisotopic (exact) mass is 320 g/mol. The average molecular weight is 320 g/mol. The van der Waals surface area contributed by atoms with Crippen LogP contribution in [-0.2, 0) is 21.3 Å². The molecule has 5 nitrogen and oxygen atoms in total. The third-order valence-electron chi connectivity index (χ3n) is 2.78. The number of rotatable bonds is 10. The van der Waals surface area contributed by atoms with E-state index >= 15 is 0 Å². The lowest BCUT2D eigenvalue weighted by Crippen LogP contribution is -2.28. The quantitative estimate of drug-likeness (QED) is 0.646. The van der Waals surface area contributed by atoms with Crippen LogP contribution in [0, 0.1) is 6.92 Å². The van der Waals surface area contributed by atoms with Crippen molar-refractivity contribution in [2.24, 2.45) is 0 Å². The number of unbranched alkanes of at least 4 members (excludes halogenated alkanes) is 1. The Morgan fingerprint density at radius 1 is 1.35 bits per heavy atom. The fourth-order valence-corrected chi connectivity index (χ4v) is 4.63. The van der Waals surface area contributed by atoms with Gasteiger partial charge in [0, 0.05) is 24.6 Å². The zero-order valence-corrected chi connectivity index (χ0v) is 14.0. The van der Waals surface area contributed by atoms with E-state index in [2.05, 4.69) is 17.0 Å². The molecule has 1 aromatic rings. The molecule has 0 unspecified atom stereocenters. The third-order valence-corrected chi connectivity index (χ3v) is 5.70. The van der Waals surface area contributed by atoms with Gasteiger partial charge in [0.25, 0.3) is 0 Å². The molecule has 0 bridgehead atoms. The molecular weight excluding hydrogens is 296 g/mol. The van der Waals surface area contributed by atoms with Gasteiger partial charge in [0.2, 0.25) is 10.0 Å². The van der Waals surface area contributed by atoms with E-state index in [1.807, 2.05) is 12.3 Å². The predicted molar refractivity (Wildman–Crippen MR) is 82.7 cm³/mol. The van der Waals surface area contributed by atoms with Gasteiger partial charge in [0.15, 0.2) is 0 Å². The summed E-state index contributed by atoms with van der Waals surface area (Å²) >= 11 is 1.47. The Bertz CT molecular complexity index is 498. The van der Waals surface area contributed by atoms with Crippen molar-refractivity contribution in [1.82, 2.24) is 10.0 Å². The highest BCUT2D eigenvalue weighted by Gasteiger charge is 2.22. The fraction of sp³-hybridized carbons (Fsp3) is 0.692. The minimum Gasteiger partial charge on any atom is -0.380 e. The van der Waals surface area contributed by atoms with Gasteiger partial charge in [-0.3, -0.25) is 0 Å². The highest BCUT2D eigenvalue weighted by molar-refractivity contribution is 7.89. The molecular formula is C13H24N2O3S2. The van der Waals surface area contributed by atoms with Crippen LogP contribution in [-0.4, -0.2) is 35.2 Å². The number of aryl methyl sites for hydroxylation is 1. The van der Waals surface area contributed by atoms with Crippen LogP contribution in [0.25, 0.3) is 0 Å². The van der Waals surface area contributed by atoms with Crippen molar-refractivity contribution in [1.29, 1.82) is 0 Å². The van der Waals surface area contributed by atoms with Crippen molar-refractivity contribution >= 4 is 21.4 Å². The maximum Gasteiger partial charge on any atom is 0.242 e. The summed E-state index contributed by atoms with van der Waals surface area (Å²) in [6.07, 6.45) is 2.08. The van der Waals surface area contributed by atoms with Crippen LogP contribution >= 0.6 is 11.3 Å². The Hall–Kier alpha value is -0.470. The first-order valence-corrected chi connectivity index (χ1v) is 9.18. The van der Waals surface area contributed by atoms with E-state index in [1.165, 1.54) is 11.3 Å². The molecule has 20 heavy (non-hydrogen) atoms. The highest BCUT2D eigenvalue weighted by Crippen LogP contribution is 2.26. The third kappa shape index (κ3) is 5.14. The van der Waals surface area contributed by atoms with E-state index in [9.17, 15) is 8.42 Å². The molecule has 1 aromatic heterocycles. The number of sulfonamides is 1. The Balaban J connectivity index is 2.58. The van der Waals surface area contributed by atoms with Gasteiger partial charge in [-0.15, -0.1) is 11.3 Å². The summed E-state index contributed by atoms with van der Waals surface area (Å²) in [5, 5.41) is 4.87. The fourth-order valence-electron chi connectivity index (χ4n) is 1.80. The minimum absolute atomic E-state index is 0.306. The van der Waals surface area contributed by atoms with Crippen LogP contribution in [0.2, 0.25) is 0 Å². The zero-order valence-electron chi connectivity index (χ0n) is 12.4. The standard InChI is InChI=1S/C13H24N2O3S2/c1-4-5-7-18-8-6-15-20(16,17)13-11(2)10-19-12(13)9-14-3/h10,14-15H,4-9H2,1-3H3. The normalized spacial score (nSPS) is 11.9. The number of ether oxygens (including phenoxy) is 1. The predicted octanol–water partition coefficient (Wildman–Crippen LogP) is 1.87. The smallest absolute Gasteiger partial charge is 0.242 e. The van der Waals surface area contributed by atoms with Gasteiger partial charge in [-0.1, -0.05) is 13.3 Å². The molecule has 0 fully saturated rings. The van der Waals surface area contributed by atoms with Crippen molar-refractivity contribution in [3.63, 3.8) is 0 Å². The summed E-state index contributed by atoms with van der Waals surface area (Å²) in [6, 6.07) is 0. The summed E-state index contributed by atoms with van der Waals surface area (Å²) in [5.41, 5.74) is 0.791. The van der Waals surface area contributed by atoms with Gasteiger partial charge in [-0.25, -0.2) is 13.1 Å². The molecule has 0 aliphatic rings. The SMILES string of the molecule is CCCCOCCNS(=O)(=O)c1c(C)csc1CNC. The first kappa shape index (κ1) is 17.6. The summed E-state index contributed by atoms with van der Waals surface area (Å²) in [6.45, 7) is 5.86. The van der Waals surface area contributed by atoms with Crippen molar-refractivity contribution in [3.05, 3.63) is 15.8 Å². The number of hydrogen-bond acceptors (Lipinski definition) is 5. The zero-order chi connectivity index (χ0) is 15.0. The topological polar surface area (TPSA) is 67.4 Å². The first-order valence-electron chi connectivity index (χ1n) is 6.82. The Morgan fingerprint density at radius 3 is 2.75 bits per heavy atom. The van der Waals surface area contributed by atoms with E-state index in [0.717, 1.165) is 23.3 Å². The van der Waals surface area contributed by atoms with E-state index < -0.39 is 10.0 Å². The molecule has 116 valence electrons. The largest absolute Gasteiger partial charge is 0.380 e.